The molecule has 0 aliphatic heterocycles. The van der Waals surface area contributed by atoms with Crippen molar-refractivity contribution < 1.29 is 9.47 Å². The largest absolute Gasteiger partial charge is 0.494 e. The van der Waals surface area contributed by atoms with Crippen LogP contribution < -0.4 is 14.8 Å². The molecule has 0 bridgehead atoms. The van der Waals surface area contributed by atoms with Crippen molar-refractivity contribution in [2.24, 2.45) is 0 Å². The van der Waals surface area contributed by atoms with E-state index < -0.39 is 0 Å². The lowest BCUT2D eigenvalue weighted by atomic mass is 10.2. The fraction of sp³-hybridized carbons (Fsp3) is 0.182. The van der Waals surface area contributed by atoms with Crippen molar-refractivity contribution in [3.63, 3.8) is 0 Å². The minimum atomic E-state index is 0.344. The number of anilines is 1. The smallest absolute Gasteiger partial charge is 0.148 e. The Labute approximate surface area is 197 Å². The van der Waals surface area contributed by atoms with Gasteiger partial charge in [0.15, 0.2) is 0 Å². The standard InChI is InChI=1S/C22H19Br2Cl2NO2/c1-2-28-18-7-5-17(6-8-18)27-12-14-9-19(23)22(20(24)10-14)29-13-15-3-4-16(25)11-21(15)26/h3-11,27H,2,12-13H2,1H3. The molecule has 0 aliphatic rings. The molecule has 0 heterocycles. The normalized spacial score (nSPS) is 10.7. The van der Waals surface area contributed by atoms with Crippen LogP contribution in [0.5, 0.6) is 11.5 Å². The molecule has 0 fully saturated rings. The Morgan fingerprint density at radius 2 is 1.59 bits per heavy atom. The molecule has 0 aliphatic carbocycles. The average Bonchev–Trinajstić information content (AvgIpc) is 2.68. The second-order valence-electron chi connectivity index (χ2n) is 6.22. The highest BCUT2D eigenvalue weighted by molar-refractivity contribution is 9.11. The second-order valence-corrected chi connectivity index (χ2v) is 8.78. The topological polar surface area (TPSA) is 30.5 Å². The van der Waals surface area contributed by atoms with E-state index in [0.29, 0.717) is 29.8 Å². The molecular formula is C22H19Br2Cl2NO2. The van der Waals surface area contributed by atoms with Crippen LogP contribution in [0.15, 0.2) is 63.5 Å². The SMILES string of the molecule is CCOc1ccc(NCc2cc(Br)c(OCc3ccc(Cl)cc3Cl)c(Br)c2)cc1. The number of ether oxygens (including phenoxy) is 2. The molecule has 0 unspecified atom stereocenters. The van der Waals surface area contributed by atoms with E-state index in [9.17, 15) is 0 Å². The third kappa shape index (κ3) is 6.29. The van der Waals surface area contributed by atoms with Gasteiger partial charge in [-0.05, 0) is 92.9 Å². The minimum absolute atomic E-state index is 0.344. The maximum atomic E-state index is 6.22. The molecule has 0 saturated carbocycles. The summed E-state index contributed by atoms with van der Waals surface area (Å²) in [5, 5.41) is 4.59. The van der Waals surface area contributed by atoms with Crippen molar-refractivity contribution in [2.75, 3.05) is 11.9 Å². The van der Waals surface area contributed by atoms with Gasteiger partial charge < -0.3 is 14.8 Å². The highest BCUT2D eigenvalue weighted by Crippen LogP contribution is 2.36. The summed E-state index contributed by atoms with van der Waals surface area (Å²) in [6.07, 6.45) is 0. The first-order valence-corrected chi connectivity index (χ1v) is 11.3. The zero-order valence-electron chi connectivity index (χ0n) is 15.6. The number of benzene rings is 3. The Kier molecular flexibility index (Phi) is 8.13. The Morgan fingerprint density at radius 1 is 0.897 bits per heavy atom. The number of hydrogen-bond donors (Lipinski definition) is 1. The summed E-state index contributed by atoms with van der Waals surface area (Å²) < 4.78 is 13.2. The molecule has 3 nitrogen and oxygen atoms in total. The van der Waals surface area contributed by atoms with Gasteiger partial charge >= 0.3 is 0 Å². The third-order valence-electron chi connectivity index (χ3n) is 4.11. The summed E-state index contributed by atoms with van der Waals surface area (Å²) >= 11 is 19.4. The maximum absolute atomic E-state index is 6.22. The lowest BCUT2D eigenvalue weighted by molar-refractivity contribution is 0.302. The van der Waals surface area contributed by atoms with Crippen molar-refractivity contribution in [1.29, 1.82) is 0 Å². The highest BCUT2D eigenvalue weighted by atomic mass is 79.9. The molecule has 7 heteroatoms. The van der Waals surface area contributed by atoms with E-state index in [0.717, 1.165) is 37.3 Å². The van der Waals surface area contributed by atoms with Crippen molar-refractivity contribution in [1.82, 2.24) is 0 Å². The van der Waals surface area contributed by atoms with Gasteiger partial charge in [-0.1, -0.05) is 29.3 Å². The first-order chi connectivity index (χ1) is 14.0. The van der Waals surface area contributed by atoms with E-state index in [4.69, 9.17) is 32.7 Å². The Balaban J connectivity index is 1.63. The van der Waals surface area contributed by atoms with Gasteiger partial charge in [-0.25, -0.2) is 0 Å². The first kappa shape index (κ1) is 22.3. The Morgan fingerprint density at radius 3 is 2.21 bits per heavy atom. The number of halogens is 4. The van der Waals surface area contributed by atoms with E-state index in [-0.39, 0.29) is 0 Å². The van der Waals surface area contributed by atoms with Crippen LogP contribution in [0, 0.1) is 0 Å². The molecule has 0 radical (unpaired) electrons. The van der Waals surface area contributed by atoms with Crippen LogP contribution in [0.2, 0.25) is 10.0 Å². The molecule has 3 aromatic carbocycles. The lowest BCUT2D eigenvalue weighted by Crippen LogP contribution is -2.02. The third-order valence-corrected chi connectivity index (χ3v) is 5.87. The summed E-state index contributed by atoms with van der Waals surface area (Å²) in [6, 6.07) is 17.4. The highest BCUT2D eigenvalue weighted by Gasteiger charge is 2.11. The molecule has 29 heavy (non-hydrogen) atoms. The summed E-state index contributed by atoms with van der Waals surface area (Å²) in [6.45, 7) is 3.65. The van der Waals surface area contributed by atoms with Gasteiger partial charge in [0.25, 0.3) is 0 Å². The molecule has 0 spiro atoms. The molecule has 0 atom stereocenters. The fourth-order valence-corrected chi connectivity index (χ4v) is 4.65. The van der Waals surface area contributed by atoms with Crippen LogP contribution >= 0.6 is 55.1 Å². The van der Waals surface area contributed by atoms with Gasteiger partial charge in [-0.2, -0.15) is 0 Å². The maximum Gasteiger partial charge on any atom is 0.148 e. The van der Waals surface area contributed by atoms with Crippen LogP contribution in [-0.2, 0) is 13.2 Å². The predicted octanol–water partition coefficient (Wildman–Crippen LogP) is 8.11. The van der Waals surface area contributed by atoms with Crippen molar-refractivity contribution in [3.8, 4) is 11.5 Å². The van der Waals surface area contributed by atoms with Gasteiger partial charge in [0.1, 0.15) is 18.1 Å². The van der Waals surface area contributed by atoms with Crippen molar-refractivity contribution in [2.45, 2.75) is 20.1 Å². The zero-order chi connectivity index (χ0) is 20.8. The van der Waals surface area contributed by atoms with E-state index in [1.807, 2.05) is 49.4 Å². The van der Waals surface area contributed by atoms with Crippen LogP contribution in [0.1, 0.15) is 18.1 Å². The van der Waals surface area contributed by atoms with E-state index in [1.54, 1.807) is 12.1 Å². The number of hydrogen-bond acceptors (Lipinski definition) is 3. The van der Waals surface area contributed by atoms with Crippen LogP contribution in [0.4, 0.5) is 5.69 Å². The quantitative estimate of drug-likeness (QED) is 0.302. The summed E-state index contributed by atoms with van der Waals surface area (Å²) in [5.41, 5.74) is 3.00. The van der Waals surface area contributed by atoms with Crippen molar-refractivity contribution >= 4 is 60.7 Å². The van der Waals surface area contributed by atoms with E-state index >= 15 is 0 Å². The van der Waals surface area contributed by atoms with Gasteiger partial charge in [0.05, 0.1) is 15.6 Å². The van der Waals surface area contributed by atoms with Gasteiger partial charge in [0.2, 0.25) is 0 Å². The molecule has 3 aromatic rings. The minimum Gasteiger partial charge on any atom is -0.494 e. The summed E-state index contributed by atoms with van der Waals surface area (Å²) in [7, 11) is 0. The van der Waals surface area contributed by atoms with Gasteiger partial charge in [-0.3, -0.25) is 0 Å². The second kappa shape index (κ2) is 10.6. The molecule has 0 amide bonds. The van der Waals surface area contributed by atoms with Crippen LogP contribution in [0.25, 0.3) is 0 Å². The molecular weight excluding hydrogens is 541 g/mol. The Bertz CT molecular complexity index is 958. The summed E-state index contributed by atoms with van der Waals surface area (Å²) in [5.74, 6) is 1.59. The van der Waals surface area contributed by atoms with Crippen LogP contribution in [-0.4, -0.2) is 6.61 Å². The monoisotopic (exact) mass is 557 g/mol. The van der Waals surface area contributed by atoms with E-state index in [1.165, 1.54) is 0 Å². The Hall–Kier alpha value is -1.40. The summed E-state index contributed by atoms with van der Waals surface area (Å²) in [4.78, 5) is 0. The molecule has 1 N–H and O–H groups in total. The zero-order valence-corrected chi connectivity index (χ0v) is 20.3. The molecule has 0 aromatic heterocycles. The van der Waals surface area contributed by atoms with Gasteiger partial charge in [0, 0.05) is 27.8 Å². The number of nitrogens with one attached hydrogen (secondary N) is 1. The average molecular weight is 560 g/mol. The van der Waals surface area contributed by atoms with Crippen molar-refractivity contribution in [3.05, 3.63) is 84.7 Å². The molecule has 0 saturated heterocycles. The lowest BCUT2D eigenvalue weighted by Gasteiger charge is -2.14. The molecule has 152 valence electrons. The van der Waals surface area contributed by atoms with E-state index in [2.05, 4.69) is 37.2 Å². The fourth-order valence-electron chi connectivity index (χ4n) is 2.68. The molecule has 3 rings (SSSR count). The predicted molar refractivity (Wildman–Crippen MR) is 128 cm³/mol. The first-order valence-electron chi connectivity index (χ1n) is 8.97. The van der Waals surface area contributed by atoms with Crippen LogP contribution in [0.3, 0.4) is 0 Å². The van der Waals surface area contributed by atoms with Gasteiger partial charge in [-0.15, -0.1) is 0 Å². The number of rotatable bonds is 8.